The van der Waals surface area contributed by atoms with Crippen molar-refractivity contribution in [2.75, 3.05) is 17.2 Å². The Bertz CT molecular complexity index is 826. The average Bonchev–Trinajstić information content (AvgIpc) is 2.91. The van der Waals surface area contributed by atoms with Gasteiger partial charge in [0.05, 0.1) is 24.0 Å². The normalized spacial score (nSPS) is 10.5. The van der Waals surface area contributed by atoms with Crippen LogP contribution in [-0.2, 0) is 4.74 Å². The van der Waals surface area contributed by atoms with E-state index in [9.17, 15) is 4.79 Å². The number of hydrogen-bond acceptors (Lipinski definition) is 5. The van der Waals surface area contributed by atoms with Gasteiger partial charge >= 0.3 is 6.09 Å². The molecule has 0 bridgehead atoms. The Labute approximate surface area is 133 Å². The first kappa shape index (κ1) is 14.8. The number of ether oxygens (including phenoxy) is 1. The highest BCUT2D eigenvalue weighted by Crippen LogP contribution is 2.20. The van der Waals surface area contributed by atoms with Gasteiger partial charge in [0.15, 0.2) is 5.65 Å². The molecule has 3 aromatic rings. The zero-order valence-corrected chi connectivity index (χ0v) is 12.9. The maximum absolute atomic E-state index is 11.4. The molecule has 2 heterocycles. The summed E-state index contributed by atoms with van der Waals surface area (Å²) in [6, 6.07) is 9.95. The van der Waals surface area contributed by atoms with E-state index >= 15 is 0 Å². The van der Waals surface area contributed by atoms with E-state index in [4.69, 9.17) is 4.74 Å². The Balaban J connectivity index is 1.78. The van der Waals surface area contributed by atoms with Gasteiger partial charge in [0, 0.05) is 5.69 Å². The molecule has 0 fully saturated rings. The van der Waals surface area contributed by atoms with Crippen LogP contribution in [0.1, 0.15) is 12.5 Å². The van der Waals surface area contributed by atoms with Crippen LogP contribution >= 0.6 is 0 Å². The first-order chi connectivity index (χ1) is 11.1. The van der Waals surface area contributed by atoms with Gasteiger partial charge in [0.25, 0.3) is 0 Å². The van der Waals surface area contributed by atoms with Crippen molar-refractivity contribution in [3.63, 3.8) is 0 Å². The fourth-order valence-corrected chi connectivity index (χ4v) is 2.10. The number of nitrogens with one attached hydrogen (secondary N) is 3. The van der Waals surface area contributed by atoms with Crippen molar-refractivity contribution in [1.29, 1.82) is 0 Å². The lowest BCUT2D eigenvalue weighted by Crippen LogP contribution is -2.14. The van der Waals surface area contributed by atoms with E-state index in [1.807, 2.05) is 37.3 Å². The molecule has 23 heavy (non-hydrogen) atoms. The summed E-state index contributed by atoms with van der Waals surface area (Å²) in [7, 11) is 0. The molecule has 0 saturated heterocycles. The predicted molar refractivity (Wildman–Crippen MR) is 89.0 cm³/mol. The van der Waals surface area contributed by atoms with Crippen LogP contribution in [-0.4, -0.2) is 27.7 Å². The smallest absolute Gasteiger partial charge is 0.413 e. The molecule has 1 aromatic carbocycles. The van der Waals surface area contributed by atoms with Crippen molar-refractivity contribution in [1.82, 2.24) is 15.0 Å². The minimum atomic E-state index is -0.551. The Morgan fingerprint density at radius 3 is 2.78 bits per heavy atom. The van der Waals surface area contributed by atoms with Crippen LogP contribution < -0.4 is 10.6 Å². The Kier molecular flexibility index (Phi) is 4.09. The molecule has 3 rings (SSSR count). The van der Waals surface area contributed by atoms with Crippen LogP contribution in [0.15, 0.2) is 36.5 Å². The zero-order valence-electron chi connectivity index (χ0n) is 12.9. The number of rotatable bonds is 4. The molecule has 1 amide bonds. The summed E-state index contributed by atoms with van der Waals surface area (Å²) in [5.41, 5.74) is 4.24. The summed E-state index contributed by atoms with van der Waals surface area (Å²) < 4.78 is 4.81. The highest BCUT2D eigenvalue weighted by Gasteiger charge is 2.08. The van der Waals surface area contributed by atoms with E-state index in [2.05, 4.69) is 25.6 Å². The largest absolute Gasteiger partial charge is 0.450 e. The highest BCUT2D eigenvalue weighted by atomic mass is 16.5. The van der Waals surface area contributed by atoms with Gasteiger partial charge in [-0.25, -0.2) is 9.78 Å². The van der Waals surface area contributed by atoms with E-state index in [1.54, 1.807) is 13.1 Å². The number of fused-ring (bicyclic) bond motifs is 1. The number of carbonyl (C=O) groups is 1. The van der Waals surface area contributed by atoms with Gasteiger partial charge in [-0.3, -0.25) is 5.32 Å². The quantitative estimate of drug-likeness (QED) is 0.685. The second-order valence-corrected chi connectivity index (χ2v) is 5.02. The monoisotopic (exact) mass is 311 g/mol. The van der Waals surface area contributed by atoms with Gasteiger partial charge in [-0.05, 0) is 32.0 Å². The minimum absolute atomic E-state index is 0.301. The average molecular weight is 311 g/mol. The standard InChI is InChI=1S/C16H17N5O2/c1-3-23-16(22)21-15-19-13-8-12(9-17-14(13)20-15)18-11-6-4-10(2)5-7-11/h4-9,18H,3H2,1-2H3,(H2,17,19,20,21,22). The van der Waals surface area contributed by atoms with Crippen LogP contribution in [0, 0.1) is 6.92 Å². The Hall–Kier alpha value is -3.09. The number of anilines is 3. The number of nitrogens with zero attached hydrogens (tertiary/aromatic N) is 2. The molecule has 0 aliphatic carbocycles. The first-order valence-corrected chi connectivity index (χ1v) is 7.27. The lowest BCUT2D eigenvalue weighted by molar-refractivity contribution is 0.167. The fourth-order valence-electron chi connectivity index (χ4n) is 2.10. The predicted octanol–water partition coefficient (Wildman–Crippen LogP) is 3.58. The number of carbonyl (C=O) groups excluding carboxylic acids is 1. The van der Waals surface area contributed by atoms with Crippen molar-refractivity contribution >= 4 is 34.6 Å². The molecule has 7 heteroatoms. The van der Waals surface area contributed by atoms with E-state index < -0.39 is 6.09 Å². The van der Waals surface area contributed by atoms with Crippen LogP contribution in [0.4, 0.5) is 22.1 Å². The molecular weight excluding hydrogens is 294 g/mol. The first-order valence-electron chi connectivity index (χ1n) is 7.27. The number of imidazole rings is 1. The van der Waals surface area contributed by atoms with Crippen molar-refractivity contribution < 1.29 is 9.53 Å². The molecule has 3 N–H and O–H groups in total. The zero-order chi connectivity index (χ0) is 16.2. The van der Waals surface area contributed by atoms with Gasteiger partial charge in [-0.2, -0.15) is 4.98 Å². The lowest BCUT2D eigenvalue weighted by atomic mass is 10.2. The number of pyridine rings is 1. The maximum Gasteiger partial charge on any atom is 0.413 e. The second-order valence-electron chi connectivity index (χ2n) is 5.02. The van der Waals surface area contributed by atoms with Gasteiger partial charge < -0.3 is 15.0 Å². The second kappa shape index (κ2) is 6.35. The topological polar surface area (TPSA) is 91.9 Å². The molecule has 0 unspecified atom stereocenters. The van der Waals surface area contributed by atoms with Crippen LogP contribution in [0.5, 0.6) is 0 Å². The minimum Gasteiger partial charge on any atom is -0.450 e. The summed E-state index contributed by atoms with van der Waals surface area (Å²) in [4.78, 5) is 22.9. The van der Waals surface area contributed by atoms with Crippen LogP contribution in [0.2, 0.25) is 0 Å². The Morgan fingerprint density at radius 1 is 1.26 bits per heavy atom. The third-order valence-electron chi connectivity index (χ3n) is 3.17. The molecule has 0 aliphatic rings. The third-order valence-corrected chi connectivity index (χ3v) is 3.17. The van der Waals surface area contributed by atoms with Crippen molar-refractivity contribution in [3.05, 3.63) is 42.1 Å². The highest BCUT2D eigenvalue weighted by molar-refractivity contribution is 5.86. The van der Waals surface area contributed by atoms with E-state index in [-0.39, 0.29) is 0 Å². The third kappa shape index (κ3) is 3.57. The van der Waals surface area contributed by atoms with Crippen LogP contribution in [0.25, 0.3) is 11.2 Å². The molecule has 0 aliphatic heterocycles. The van der Waals surface area contributed by atoms with E-state index in [0.717, 1.165) is 11.4 Å². The molecular formula is C16H17N5O2. The summed E-state index contributed by atoms with van der Waals surface area (Å²) in [6.45, 7) is 4.08. The SMILES string of the molecule is CCOC(=O)Nc1nc2ncc(Nc3ccc(C)cc3)cc2[nH]1. The van der Waals surface area contributed by atoms with Crippen molar-refractivity contribution in [2.24, 2.45) is 0 Å². The molecule has 0 spiro atoms. The molecule has 118 valence electrons. The van der Waals surface area contributed by atoms with E-state index in [0.29, 0.717) is 23.7 Å². The van der Waals surface area contributed by atoms with Gasteiger partial charge in [0.2, 0.25) is 5.95 Å². The fraction of sp³-hybridized carbons (Fsp3) is 0.188. The van der Waals surface area contributed by atoms with Crippen molar-refractivity contribution in [2.45, 2.75) is 13.8 Å². The summed E-state index contributed by atoms with van der Waals surface area (Å²) in [5, 5.41) is 5.79. The Morgan fingerprint density at radius 2 is 2.04 bits per heavy atom. The molecule has 2 aromatic heterocycles. The number of H-pyrrole nitrogens is 1. The van der Waals surface area contributed by atoms with Gasteiger partial charge in [-0.1, -0.05) is 17.7 Å². The van der Waals surface area contributed by atoms with Gasteiger partial charge in [-0.15, -0.1) is 0 Å². The maximum atomic E-state index is 11.4. The number of aromatic amines is 1. The van der Waals surface area contributed by atoms with Crippen LogP contribution in [0.3, 0.4) is 0 Å². The molecule has 0 atom stereocenters. The lowest BCUT2D eigenvalue weighted by Gasteiger charge is -2.05. The van der Waals surface area contributed by atoms with E-state index in [1.165, 1.54) is 5.56 Å². The summed E-state index contributed by atoms with van der Waals surface area (Å²) in [5.74, 6) is 0.304. The number of aryl methyl sites for hydroxylation is 1. The summed E-state index contributed by atoms with van der Waals surface area (Å²) in [6.07, 6.45) is 1.14. The van der Waals surface area contributed by atoms with Crippen molar-refractivity contribution in [3.8, 4) is 0 Å². The number of aromatic nitrogens is 3. The number of hydrogen-bond donors (Lipinski definition) is 3. The molecule has 7 nitrogen and oxygen atoms in total. The number of amides is 1. The van der Waals surface area contributed by atoms with Gasteiger partial charge in [0.1, 0.15) is 0 Å². The molecule has 0 radical (unpaired) electrons. The number of benzene rings is 1. The molecule has 0 saturated carbocycles. The summed E-state index contributed by atoms with van der Waals surface area (Å²) >= 11 is 0.